The highest BCUT2D eigenvalue weighted by Gasteiger charge is 2.40. The van der Waals surface area contributed by atoms with Crippen LogP contribution in [0, 0.1) is 0 Å². The van der Waals surface area contributed by atoms with Gasteiger partial charge in [0, 0.05) is 12.1 Å². The highest BCUT2D eigenvalue weighted by molar-refractivity contribution is 6.22. The molecule has 0 bridgehead atoms. The lowest BCUT2D eigenvalue weighted by molar-refractivity contribution is -0.139. The van der Waals surface area contributed by atoms with Gasteiger partial charge in [-0.2, -0.15) is 0 Å². The van der Waals surface area contributed by atoms with Crippen molar-refractivity contribution in [3.63, 3.8) is 0 Å². The standard InChI is InChI=1S/C14H16N2O7/c1-21-9-4-7(5-10(22-2)12(9)23-3)16-13(19)8(6-11(17)18)15-14(16)20/h4-5,8H,6H2,1-3H3,(H,15,20)(H,17,18). The molecular formula is C14H16N2O7. The van der Waals surface area contributed by atoms with E-state index in [0.717, 1.165) is 4.90 Å². The molecule has 1 aromatic rings. The number of hydrogen-bond acceptors (Lipinski definition) is 6. The van der Waals surface area contributed by atoms with Crippen molar-refractivity contribution in [3.05, 3.63) is 12.1 Å². The molecule has 2 N–H and O–H groups in total. The number of imide groups is 1. The van der Waals surface area contributed by atoms with Gasteiger partial charge >= 0.3 is 12.0 Å². The van der Waals surface area contributed by atoms with Gasteiger partial charge in [-0.3, -0.25) is 9.59 Å². The molecule has 0 spiro atoms. The maximum atomic E-state index is 12.3. The van der Waals surface area contributed by atoms with E-state index in [9.17, 15) is 14.4 Å². The van der Waals surface area contributed by atoms with E-state index in [1.165, 1.54) is 33.5 Å². The van der Waals surface area contributed by atoms with Gasteiger partial charge in [0.15, 0.2) is 11.5 Å². The first kappa shape index (κ1) is 16.4. The van der Waals surface area contributed by atoms with Gasteiger partial charge in [-0.05, 0) is 0 Å². The molecule has 0 aromatic heterocycles. The summed E-state index contributed by atoms with van der Waals surface area (Å²) in [5.74, 6) is -0.997. The highest BCUT2D eigenvalue weighted by atomic mass is 16.5. The molecule has 0 saturated carbocycles. The molecule has 9 nitrogen and oxygen atoms in total. The van der Waals surface area contributed by atoms with E-state index in [-0.39, 0.29) is 17.2 Å². The summed E-state index contributed by atoms with van der Waals surface area (Å²) in [4.78, 5) is 35.9. The summed E-state index contributed by atoms with van der Waals surface area (Å²) >= 11 is 0. The second-order valence-electron chi connectivity index (χ2n) is 4.66. The van der Waals surface area contributed by atoms with Crippen molar-refractivity contribution in [2.24, 2.45) is 0 Å². The van der Waals surface area contributed by atoms with Gasteiger partial charge in [0.1, 0.15) is 6.04 Å². The van der Waals surface area contributed by atoms with Crippen molar-refractivity contribution < 1.29 is 33.7 Å². The van der Waals surface area contributed by atoms with E-state index >= 15 is 0 Å². The largest absolute Gasteiger partial charge is 0.493 e. The summed E-state index contributed by atoms with van der Waals surface area (Å²) in [6, 6.07) is 1.04. The normalized spacial score (nSPS) is 17.0. The van der Waals surface area contributed by atoms with Crippen LogP contribution in [0.15, 0.2) is 12.1 Å². The number of anilines is 1. The molecule has 0 radical (unpaired) electrons. The van der Waals surface area contributed by atoms with Gasteiger partial charge in [0.05, 0.1) is 33.4 Å². The van der Waals surface area contributed by atoms with Crippen LogP contribution in [0.5, 0.6) is 17.2 Å². The quantitative estimate of drug-likeness (QED) is 0.737. The zero-order chi connectivity index (χ0) is 17.1. The third-order valence-corrected chi connectivity index (χ3v) is 3.31. The molecule has 0 aliphatic carbocycles. The first-order valence-electron chi connectivity index (χ1n) is 6.59. The van der Waals surface area contributed by atoms with Crippen LogP contribution in [0.4, 0.5) is 10.5 Å². The Hall–Kier alpha value is -2.97. The fourth-order valence-electron chi connectivity index (χ4n) is 2.29. The number of nitrogens with one attached hydrogen (secondary N) is 1. The Labute approximate surface area is 131 Å². The second-order valence-corrected chi connectivity index (χ2v) is 4.66. The lowest BCUT2D eigenvalue weighted by Gasteiger charge is -2.18. The monoisotopic (exact) mass is 324 g/mol. The Kier molecular flexibility index (Phi) is 4.58. The number of rotatable bonds is 6. The molecule has 1 saturated heterocycles. The van der Waals surface area contributed by atoms with Crippen LogP contribution >= 0.6 is 0 Å². The zero-order valence-electron chi connectivity index (χ0n) is 12.8. The fourth-order valence-corrected chi connectivity index (χ4v) is 2.29. The second kappa shape index (κ2) is 6.42. The summed E-state index contributed by atoms with van der Waals surface area (Å²) in [7, 11) is 4.23. The predicted molar refractivity (Wildman–Crippen MR) is 78.2 cm³/mol. The molecule has 1 atom stereocenters. The summed E-state index contributed by atoms with van der Waals surface area (Å²) in [5.41, 5.74) is 0.190. The lowest BCUT2D eigenvalue weighted by Crippen LogP contribution is -2.32. The van der Waals surface area contributed by atoms with E-state index in [0.29, 0.717) is 5.75 Å². The van der Waals surface area contributed by atoms with Crippen LogP contribution in [0.2, 0.25) is 0 Å². The minimum atomic E-state index is -1.18. The Morgan fingerprint density at radius 3 is 2.17 bits per heavy atom. The summed E-state index contributed by atoms with van der Waals surface area (Å²) in [6.07, 6.45) is -0.495. The Bertz CT molecular complexity index is 634. The zero-order valence-corrected chi connectivity index (χ0v) is 12.8. The van der Waals surface area contributed by atoms with Crippen molar-refractivity contribution in [1.82, 2.24) is 5.32 Å². The van der Waals surface area contributed by atoms with E-state index in [1.807, 2.05) is 0 Å². The van der Waals surface area contributed by atoms with Crippen LogP contribution in [0.1, 0.15) is 6.42 Å². The van der Waals surface area contributed by atoms with Crippen molar-refractivity contribution in [1.29, 1.82) is 0 Å². The number of benzene rings is 1. The number of hydrogen-bond donors (Lipinski definition) is 2. The van der Waals surface area contributed by atoms with Crippen molar-refractivity contribution >= 4 is 23.6 Å². The Balaban J connectivity index is 2.43. The molecule has 124 valence electrons. The van der Waals surface area contributed by atoms with Crippen LogP contribution in [-0.4, -0.2) is 50.4 Å². The molecule has 1 aromatic carbocycles. The number of carbonyl (C=O) groups is 3. The van der Waals surface area contributed by atoms with Gasteiger partial charge in [0.2, 0.25) is 5.75 Å². The number of carbonyl (C=O) groups excluding carboxylic acids is 2. The number of carboxylic acids is 1. The molecule has 1 unspecified atom stereocenters. The average Bonchev–Trinajstić information content (AvgIpc) is 2.79. The van der Waals surface area contributed by atoms with Crippen LogP contribution in [0.25, 0.3) is 0 Å². The molecule has 1 fully saturated rings. The molecule has 1 heterocycles. The lowest BCUT2D eigenvalue weighted by atomic mass is 10.2. The number of nitrogens with zero attached hydrogens (tertiary/aromatic N) is 1. The maximum Gasteiger partial charge on any atom is 0.329 e. The topological polar surface area (TPSA) is 114 Å². The highest BCUT2D eigenvalue weighted by Crippen LogP contribution is 2.41. The third-order valence-electron chi connectivity index (χ3n) is 3.31. The van der Waals surface area contributed by atoms with Crippen molar-refractivity contribution in [3.8, 4) is 17.2 Å². The van der Waals surface area contributed by atoms with Gasteiger partial charge in [0.25, 0.3) is 5.91 Å². The van der Waals surface area contributed by atoms with Gasteiger partial charge in [-0.15, -0.1) is 0 Å². The van der Waals surface area contributed by atoms with Crippen LogP contribution in [0.3, 0.4) is 0 Å². The molecule has 9 heteroatoms. The molecule has 3 amide bonds. The number of methoxy groups -OCH3 is 3. The van der Waals surface area contributed by atoms with E-state index < -0.39 is 30.4 Å². The summed E-state index contributed by atoms with van der Waals surface area (Å²) in [5, 5.41) is 11.1. The number of ether oxygens (including phenoxy) is 3. The van der Waals surface area contributed by atoms with Crippen molar-refractivity contribution in [2.45, 2.75) is 12.5 Å². The molecule has 23 heavy (non-hydrogen) atoms. The number of carboxylic acid groups (broad SMARTS) is 1. The predicted octanol–water partition coefficient (Wildman–Crippen LogP) is 0.612. The molecule has 1 aliphatic heterocycles. The first-order valence-corrected chi connectivity index (χ1v) is 6.59. The molecule has 2 rings (SSSR count). The van der Waals surface area contributed by atoms with E-state index in [4.69, 9.17) is 19.3 Å². The van der Waals surface area contributed by atoms with Gasteiger partial charge < -0.3 is 24.6 Å². The van der Waals surface area contributed by atoms with Gasteiger partial charge in [-0.25, -0.2) is 9.69 Å². The minimum Gasteiger partial charge on any atom is -0.493 e. The molecular weight excluding hydrogens is 308 g/mol. The van der Waals surface area contributed by atoms with Crippen LogP contribution < -0.4 is 24.4 Å². The summed E-state index contributed by atoms with van der Waals surface area (Å²) in [6.45, 7) is 0. The number of amides is 3. The first-order chi connectivity index (χ1) is 10.9. The molecule has 1 aliphatic rings. The Morgan fingerprint density at radius 2 is 1.74 bits per heavy atom. The maximum absolute atomic E-state index is 12.3. The smallest absolute Gasteiger partial charge is 0.329 e. The number of aliphatic carboxylic acids is 1. The Morgan fingerprint density at radius 1 is 1.17 bits per heavy atom. The van der Waals surface area contributed by atoms with E-state index in [2.05, 4.69) is 5.32 Å². The van der Waals surface area contributed by atoms with Crippen LogP contribution in [-0.2, 0) is 9.59 Å². The summed E-state index contributed by atoms with van der Waals surface area (Å²) < 4.78 is 15.5. The minimum absolute atomic E-state index is 0.190. The fraction of sp³-hybridized carbons (Fsp3) is 0.357. The SMILES string of the molecule is COc1cc(N2C(=O)NC(CC(=O)O)C2=O)cc(OC)c1OC. The average molecular weight is 324 g/mol. The van der Waals surface area contributed by atoms with E-state index in [1.54, 1.807) is 0 Å². The third kappa shape index (κ3) is 2.98. The number of urea groups is 1. The van der Waals surface area contributed by atoms with Gasteiger partial charge in [-0.1, -0.05) is 0 Å². The van der Waals surface area contributed by atoms with Crippen molar-refractivity contribution in [2.75, 3.05) is 26.2 Å².